The number of alkyl halides is 1. The fraction of sp³-hybridized carbons (Fsp3) is 0.654. The second-order valence-corrected chi connectivity index (χ2v) is 11.2. The highest BCUT2D eigenvalue weighted by Crippen LogP contribution is 2.34. The van der Waals surface area contributed by atoms with Crippen molar-refractivity contribution in [2.75, 3.05) is 26.2 Å². The van der Waals surface area contributed by atoms with Gasteiger partial charge in [-0.15, -0.1) is 0 Å². The first kappa shape index (κ1) is 29.8. The van der Waals surface area contributed by atoms with Gasteiger partial charge in [-0.2, -0.15) is 5.26 Å². The molecule has 2 fully saturated rings. The number of carbonyl (C=O) groups excluding carboxylic acids is 2. The second-order valence-electron chi connectivity index (χ2n) is 11.2. The van der Waals surface area contributed by atoms with Crippen LogP contribution >= 0.6 is 0 Å². The molecule has 0 radical (unpaired) electrons. The van der Waals surface area contributed by atoms with Crippen molar-refractivity contribution in [1.29, 1.82) is 5.26 Å². The Balaban J connectivity index is 1.59. The topological polar surface area (TPSA) is 126 Å². The number of ether oxygens (including phenoxy) is 1. The molecule has 2 heterocycles. The van der Waals surface area contributed by atoms with Crippen molar-refractivity contribution in [3.05, 3.63) is 35.6 Å². The molecular weight excluding hydrogens is 497 g/mol. The van der Waals surface area contributed by atoms with Crippen molar-refractivity contribution >= 4 is 19.1 Å². The molecule has 3 N–H and O–H groups in total. The third-order valence-corrected chi connectivity index (χ3v) is 7.71. The predicted octanol–water partition coefficient (Wildman–Crippen LogP) is 2.21. The predicted molar refractivity (Wildman–Crippen MR) is 137 cm³/mol. The lowest BCUT2D eigenvalue weighted by Crippen LogP contribution is -2.53. The van der Waals surface area contributed by atoms with Gasteiger partial charge in [0, 0.05) is 25.2 Å². The van der Waals surface area contributed by atoms with Gasteiger partial charge in [-0.25, -0.2) is 13.6 Å². The Bertz CT molecular complexity index is 1020. The quantitative estimate of drug-likeness (QED) is 0.393. The van der Waals surface area contributed by atoms with E-state index in [9.17, 15) is 33.7 Å². The van der Waals surface area contributed by atoms with Gasteiger partial charge in [-0.05, 0) is 70.6 Å². The van der Waals surface area contributed by atoms with Gasteiger partial charge < -0.3 is 25.0 Å². The van der Waals surface area contributed by atoms with Gasteiger partial charge in [0.05, 0.1) is 17.5 Å². The molecule has 0 bridgehead atoms. The summed E-state index contributed by atoms with van der Waals surface area (Å²) in [4.78, 5) is 29.5. The van der Waals surface area contributed by atoms with Crippen molar-refractivity contribution in [2.45, 2.75) is 76.1 Å². The highest BCUT2D eigenvalue weighted by Gasteiger charge is 2.45. The van der Waals surface area contributed by atoms with Gasteiger partial charge in [-0.3, -0.25) is 9.69 Å². The van der Waals surface area contributed by atoms with Crippen LogP contribution in [0.25, 0.3) is 0 Å². The summed E-state index contributed by atoms with van der Waals surface area (Å²) >= 11 is 0. The molecule has 2 aliphatic rings. The molecule has 4 atom stereocenters. The summed E-state index contributed by atoms with van der Waals surface area (Å²) in [5.74, 6) is -2.81. The van der Waals surface area contributed by atoms with Crippen molar-refractivity contribution in [3.63, 3.8) is 0 Å². The molecule has 1 aromatic rings. The van der Waals surface area contributed by atoms with Crippen LogP contribution in [0.15, 0.2) is 24.3 Å². The first-order chi connectivity index (χ1) is 17.8. The highest BCUT2D eigenvalue weighted by atomic mass is 19.1. The van der Waals surface area contributed by atoms with Gasteiger partial charge >= 0.3 is 13.2 Å². The van der Waals surface area contributed by atoms with Gasteiger partial charge in [0.2, 0.25) is 5.91 Å². The van der Waals surface area contributed by atoms with Crippen molar-refractivity contribution in [1.82, 2.24) is 15.1 Å². The molecule has 12 heteroatoms. The lowest BCUT2D eigenvalue weighted by atomic mass is 9.76. The first-order valence-corrected chi connectivity index (χ1v) is 13.0. The van der Waals surface area contributed by atoms with E-state index in [2.05, 4.69) is 11.4 Å². The molecule has 0 aromatic heterocycles. The zero-order chi connectivity index (χ0) is 28.1. The number of nitriles is 1. The summed E-state index contributed by atoms with van der Waals surface area (Å²) in [7, 11) is -1.88. The lowest BCUT2D eigenvalue weighted by Gasteiger charge is -2.39. The number of hydrogen-bond donors (Lipinski definition) is 3. The average Bonchev–Trinajstić information content (AvgIpc) is 3.48. The molecule has 38 heavy (non-hydrogen) atoms. The Labute approximate surface area is 222 Å². The fourth-order valence-corrected chi connectivity index (χ4v) is 5.34. The largest absolute Gasteiger partial charge is 0.475 e. The minimum absolute atomic E-state index is 0.0364. The van der Waals surface area contributed by atoms with Gasteiger partial charge in [0.1, 0.15) is 24.5 Å². The lowest BCUT2D eigenvalue weighted by molar-refractivity contribution is -0.140. The number of benzene rings is 1. The minimum Gasteiger partial charge on any atom is -0.447 e. The average molecular weight is 534 g/mol. The van der Waals surface area contributed by atoms with Crippen LogP contribution in [0.5, 0.6) is 0 Å². The Kier molecular flexibility index (Phi) is 9.73. The van der Waals surface area contributed by atoms with Gasteiger partial charge in [0.15, 0.2) is 0 Å². The SMILES string of the molecule is CC(C)(CC(C#N)C(=O)N1CCC[C@]1(C)COC(=O)N[C@@H](Cc1ccc(F)cc1)B(O)O)N1CC[C@H](F)C1. The Morgan fingerprint density at radius 1 is 1.32 bits per heavy atom. The van der Waals surface area contributed by atoms with Crippen LogP contribution in [0.1, 0.15) is 52.0 Å². The number of carbonyl (C=O) groups is 2. The molecule has 0 aliphatic carbocycles. The molecule has 0 spiro atoms. The minimum atomic E-state index is -1.88. The third kappa shape index (κ3) is 7.43. The molecule has 2 aliphatic heterocycles. The Hall–Kier alpha value is -2.75. The molecular formula is C26H37BF2N4O5. The monoisotopic (exact) mass is 534 g/mol. The number of halogens is 2. The molecule has 3 rings (SSSR count). The van der Waals surface area contributed by atoms with Crippen molar-refractivity contribution < 1.29 is 33.2 Å². The smallest absolute Gasteiger partial charge is 0.447 e. The number of rotatable bonds is 10. The van der Waals surface area contributed by atoms with E-state index in [1.54, 1.807) is 11.8 Å². The summed E-state index contributed by atoms with van der Waals surface area (Å²) in [6.07, 6.45) is 0.169. The van der Waals surface area contributed by atoms with E-state index in [-0.39, 0.29) is 31.9 Å². The van der Waals surface area contributed by atoms with Crippen LogP contribution in [0.3, 0.4) is 0 Å². The zero-order valence-electron chi connectivity index (χ0n) is 22.2. The van der Waals surface area contributed by atoms with E-state index in [4.69, 9.17) is 4.74 Å². The van der Waals surface area contributed by atoms with Crippen LogP contribution < -0.4 is 5.32 Å². The van der Waals surface area contributed by atoms with E-state index in [0.29, 0.717) is 37.9 Å². The van der Waals surface area contributed by atoms with Gasteiger partial charge in [0.25, 0.3) is 0 Å². The van der Waals surface area contributed by atoms with E-state index in [1.165, 1.54) is 24.3 Å². The summed E-state index contributed by atoms with van der Waals surface area (Å²) in [5, 5.41) is 31.7. The number of hydrogen-bond acceptors (Lipinski definition) is 7. The summed E-state index contributed by atoms with van der Waals surface area (Å²) < 4.78 is 32.3. The third-order valence-electron chi connectivity index (χ3n) is 7.71. The summed E-state index contributed by atoms with van der Waals surface area (Å²) in [6, 6.07) is 7.56. The van der Waals surface area contributed by atoms with Crippen LogP contribution in [0, 0.1) is 23.1 Å². The normalized spacial score (nSPS) is 23.5. The molecule has 1 unspecified atom stereocenters. The first-order valence-electron chi connectivity index (χ1n) is 13.0. The molecule has 1 aromatic carbocycles. The fourth-order valence-electron chi connectivity index (χ4n) is 5.34. The maximum Gasteiger partial charge on any atom is 0.475 e. The highest BCUT2D eigenvalue weighted by molar-refractivity contribution is 6.43. The van der Waals surface area contributed by atoms with Crippen LogP contribution in [-0.4, -0.2) is 88.4 Å². The molecule has 2 amide bonds. The van der Waals surface area contributed by atoms with Crippen LogP contribution in [-0.2, 0) is 16.0 Å². The number of likely N-dealkylation sites (tertiary alicyclic amines) is 2. The maximum absolute atomic E-state index is 13.8. The second kappa shape index (κ2) is 12.4. The zero-order valence-corrected chi connectivity index (χ0v) is 22.2. The number of alkyl carbamates (subject to hydrolysis) is 1. The van der Waals surface area contributed by atoms with E-state index in [0.717, 1.165) is 0 Å². The number of amides is 2. The van der Waals surface area contributed by atoms with Gasteiger partial charge in [-0.1, -0.05) is 12.1 Å². The Morgan fingerprint density at radius 2 is 2.00 bits per heavy atom. The number of nitrogens with zero attached hydrogens (tertiary/aromatic N) is 3. The summed E-state index contributed by atoms with van der Waals surface area (Å²) in [6.45, 7) is 6.75. The molecule has 0 saturated carbocycles. The number of nitrogens with one attached hydrogen (secondary N) is 1. The maximum atomic E-state index is 13.8. The van der Waals surface area contributed by atoms with Crippen LogP contribution in [0.2, 0.25) is 0 Å². The van der Waals surface area contributed by atoms with Crippen molar-refractivity contribution in [2.24, 2.45) is 5.92 Å². The van der Waals surface area contributed by atoms with Crippen molar-refractivity contribution in [3.8, 4) is 6.07 Å². The van der Waals surface area contributed by atoms with E-state index < -0.39 is 48.1 Å². The van der Waals surface area contributed by atoms with E-state index in [1.807, 2.05) is 18.7 Å². The molecule has 2 saturated heterocycles. The molecule has 208 valence electrons. The summed E-state index contributed by atoms with van der Waals surface area (Å²) in [5.41, 5.74) is -0.783. The van der Waals surface area contributed by atoms with E-state index >= 15 is 0 Å². The van der Waals surface area contributed by atoms with Crippen LogP contribution in [0.4, 0.5) is 13.6 Å². The standard InChI is InChI=1S/C26H37BF2N4O5/c1-25(2,32-12-9-21(29)16-32)14-19(15-30)23(34)33-11-4-10-26(33,3)17-38-24(35)31-22(27(36)37)13-18-5-7-20(28)8-6-18/h5-8,19,21-22,36-37H,4,9-14,16-17H2,1-3H3,(H,31,35)/t19?,21-,22-,26+/m0/s1. The molecule has 9 nitrogen and oxygen atoms in total. The Morgan fingerprint density at radius 3 is 2.58 bits per heavy atom.